The van der Waals surface area contributed by atoms with Crippen molar-refractivity contribution in [3.05, 3.63) is 446 Å². The van der Waals surface area contributed by atoms with Crippen LogP contribution in [0.5, 0.6) is 0 Å². The van der Waals surface area contributed by atoms with Crippen molar-refractivity contribution in [1.82, 2.24) is 14.5 Å². The number of aryl methyl sites for hydroxylation is 1. The predicted octanol–water partition coefficient (Wildman–Crippen LogP) is 28.4. The largest absolute Gasteiger partial charge is 0.311 e. The van der Waals surface area contributed by atoms with Gasteiger partial charge in [0, 0.05) is 103 Å². The van der Waals surface area contributed by atoms with Crippen molar-refractivity contribution in [3.63, 3.8) is 0 Å². The fourth-order valence-electron chi connectivity index (χ4n) is 16.8. The van der Waals surface area contributed by atoms with Crippen LogP contribution in [-0.4, -0.2) is 14.5 Å². The number of fused-ring (bicyclic) bond motifs is 7. The zero-order chi connectivity index (χ0) is 77.5. The Morgan fingerprint density at radius 2 is 1.02 bits per heavy atom. The van der Waals surface area contributed by atoms with Crippen LogP contribution in [0.4, 0.5) is 39.8 Å². The molecule has 17 rings (SSSR count). The van der Waals surface area contributed by atoms with Crippen LogP contribution in [0.2, 0.25) is 0 Å². The van der Waals surface area contributed by atoms with Gasteiger partial charge in [-0.3, -0.25) is 9.97 Å². The molecule has 0 saturated heterocycles. The molecule has 0 N–H and O–H groups in total. The van der Waals surface area contributed by atoms with E-state index in [0.717, 1.165) is 151 Å². The van der Waals surface area contributed by atoms with E-state index in [1.165, 1.54) is 38.9 Å². The molecule has 1 aliphatic carbocycles. The first-order valence-corrected chi connectivity index (χ1v) is 38.8. The lowest BCUT2D eigenvalue weighted by Crippen LogP contribution is -2.21. The Balaban J connectivity index is 0.723. The summed E-state index contributed by atoms with van der Waals surface area (Å²) in [7, 11) is 0. The molecule has 0 spiro atoms. The van der Waals surface area contributed by atoms with Gasteiger partial charge in [0.15, 0.2) is 0 Å². The van der Waals surface area contributed by atoms with E-state index in [1.54, 1.807) is 0 Å². The third kappa shape index (κ3) is 13.7. The molecule has 6 nitrogen and oxygen atoms in total. The van der Waals surface area contributed by atoms with Crippen LogP contribution >= 0.6 is 0 Å². The molecule has 0 atom stereocenters. The van der Waals surface area contributed by atoms with Crippen LogP contribution in [0.1, 0.15) is 90.3 Å². The first-order chi connectivity index (χ1) is 55.1. The van der Waals surface area contributed by atoms with E-state index in [-0.39, 0.29) is 10.8 Å². The second-order valence-corrected chi connectivity index (χ2v) is 30.5. The standard InChI is InChI=1S/C107H88N6/c1-11-75-27-32-77(33-28-75)72(4)25-47-88(13-3)111(94-21-18-20-87(70-94)106(7,8)100-23-16-14-19-73(100)5)89-48-38-80(39-49-89)78-31-26-74(6)110(92-59-63-108-64-60-92)103-56-44-83(67-86(103)37-36-78)85-46-58-105-99(69-85)98-68-84(45-57-104(98)113(105)93-61-65-109-66-62-93)82-42-52-91(53-43-82)112(90-50-40-81(41-51-90)79-34-29-76(12-2)30-35-79)95-54-55-97-96-22-15-17-24-101(96)107(9,10)102(97)71-95/h11-36,38-71H,1-2,4,6,37H2,3,5,7-10H3/b31-26?,47-25-,78-36?,88-13+. The second-order valence-electron chi connectivity index (χ2n) is 30.5. The first kappa shape index (κ1) is 72.0. The molecule has 2 aliphatic rings. The molecule has 0 bridgehead atoms. The lowest BCUT2D eigenvalue weighted by Gasteiger charge is -2.31. The molecule has 6 heteroatoms. The number of hydrogen-bond acceptors (Lipinski definition) is 5. The van der Waals surface area contributed by atoms with Crippen molar-refractivity contribution >= 4 is 84.9 Å². The Labute approximate surface area is 664 Å². The van der Waals surface area contributed by atoms with Crippen LogP contribution in [0.3, 0.4) is 0 Å². The van der Waals surface area contributed by atoms with E-state index in [9.17, 15) is 0 Å². The normalized spacial score (nSPS) is 13.2. The number of anilines is 7. The summed E-state index contributed by atoms with van der Waals surface area (Å²) in [5.74, 6) is 0. The molecule has 4 heterocycles. The minimum atomic E-state index is -0.266. The molecule has 3 aromatic heterocycles. The van der Waals surface area contributed by atoms with Gasteiger partial charge in [0.1, 0.15) is 0 Å². The molecule has 546 valence electrons. The molecule has 0 unspecified atom stereocenters. The zero-order valence-corrected chi connectivity index (χ0v) is 64.9. The van der Waals surface area contributed by atoms with Crippen LogP contribution in [-0.2, 0) is 17.3 Å². The summed E-state index contributed by atoms with van der Waals surface area (Å²) in [5, 5.41) is 2.31. The van der Waals surface area contributed by atoms with E-state index >= 15 is 0 Å². The first-order valence-electron chi connectivity index (χ1n) is 38.8. The summed E-state index contributed by atoms with van der Waals surface area (Å²) in [6, 6.07) is 107. The highest BCUT2D eigenvalue weighted by molar-refractivity contribution is 6.12. The van der Waals surface area contributed by atoms with Gasteiger partial charge >= 0.3 is 0 Å². The van der Waals surface area contributed by atoms with Crippen molar-refractivity contribution in [2.45, 2.75) is 58.8 Å². The predicted molar refractivity (Wildman–Crippen MR) is 480 cm³/mol. The topological polar surface area (TPSA) is 40.4 Å². The lowest BCUT2D eigenvalue weighted by atomic mass is 9.76. The molecule has 0 amide bonds. The van der Waals surface area contributed by atoms with E-state index in [2.05, 4.69) is 418 Å². The maximum atomic E-state index is 4.77. The minimum Gasteiger partial charge on any atom is -0.311 e. The third-order valence-electron chi connectivity index (χ3n) is 23.1. The zero-order valence-electron chi connectivity index (χ0n) is 64.9. The summed E-state index contributed by atoms with van der Waals surface area (Å²) in [4.78, 5) is 15.9. The Morgan fingerprint density at radius 1 is 0.478 bits per heavy atom. The maximum Gasteiger partial charge on any atom is 0.0541 e. The quantitative estimate of drug-likeness (QED) is 0.0755. The summed E-state index contributed by atoms with van der Waals surface area (Å²) in [6.07, 6.45) is 25.0. The number of hydrogen-bond donors (Lipinski definition) is 0. The third-order valence-corrected chi connectivity index (χ3v) is 23.1. The Kier molecular flexibility index (Phi) is 19.2. The van der Waals surface area contributed by atoms with Gasteiger partial charge in [0.2, 0.25) is 0 Å². The van der Waals surface area contributed by atoms with Crippen molar-refractivity contribution in [2.24, 2.45) is 0 Å². The monoisotopic (exact) mass is 1460 g/mol. The summed E-state index contributed by atoms with van der Waals surface area (Å²) < 4.78 is 2.37. The smallest absolute Gasteiger partial charge is 0.0541 e. The fourth-order valence-corrected chi connectivity index (χ4v) is 16.8. The van der Waals surface area contributed by atoms with Crippen molar-refractivity contribution in [2.75, 3.05) is 14.7 Å². The van der Waals surface area contributed by atoms with Crippen LogP contribution in [0, 0.1) is 6.92 Å². The van der Waals surface area contributed by atoms with Gasteiger partial charge in [-0.1, -0.05) is 260 Å². The van der Waals surface area contributed by atoms with Crippen LogP contribution in [0.25, 0.3) is 95.3 Å². The molecule has 0 radical (unpaired) electrons. The van der Waals surface area contributed by atoms with Gasteiger partial charge in [0.05, 0.1) is 11.0 Å². The Hall–Kier alpha value is -13.9. The number of benzene rings is 12. The average molecular weight is 1460 g/mol. The molecule has 1 aliphatic heterocycles. The Morgan fingerprint density at radius 3 is 1.66 bits per heavy atom. The highest BCUT2D eigenvalue weighted by Gasteiger charge is 2.36. The number of aromatic nitrogens is 3. The number of nitrogens with zero attached hydrogens (tertiary/aromatic N) is 6. The van der Waals surface area contributed by atoms with Crippen molar-refractivity contribution < 1.29 is 0 Å². The van der Waals surface area contributed by atoms with E-state index in [1.807, 2.05) is 36.9 Å². The molecular formula is C107H88N6. The maximum absolute atomic E-state index is 4.77. The fraction of sp³-hybridized carbons (Fsp3) is 0.0841. The average Bonchev–Trinajstić information content (AvgIpc) is 1.56. The Bertz CT molecular complexity index is 6320. The van der Waals surface area contributed by atoms with Crippen molar-refractivity contribution in [1.29, 1.82) is 0 Å². The van der Waals surface area contributed by atoms with Gasteiger partial charge in [-0.15, -0.1) is 0 Å². The molecule has 113 heavy (non-hydrogen) atoms. The summed E-state index contributed by atoms with van der Waals surface area (Å²) in [5.41, 5.74) is 35.4. The van der Waals surface area contributed by atoms with E-state index in [0.29, 0.717) is 6.42 Å². The lowest BCUT2D eigenvalue weighted by molar-refractivity contribution is 0.636. The molecule has 15 aromatic rings. The highest BCUT2D eigenvalue weighted by atomic mass is 15.2. The van der Waals surface area contributed by atoms with Crippen LogP contribution in [0.15, 0.2) is 390 Å². The van der Waals surface area contributed by atoms with Gasteiger partial charge < -0.3 is 19.3 Å². The molecule has 0 fully saturated rings. The SMILES string of the molecule is C=Cc1ccc(C(=C)/C=C\C(=C/C)N(c2ccc(C3=CCc4cc(-c5ccc6c(c5)c5cc(-c7ccc(N(c8ccc(-c9ccc(C=C)cc9)cc8)c8ccc9c(c8)C(C)(C)c8ccccc8-9)cc7)ccc5n6-c5ccncc5)ccc4N(c4ccncc4)C(=C)C=C3)cc2)c2cccc(C(C)(C)c3ccccc3C)c2)cc1. The molecular weight excluding hydrogens is 1370 g/mol. The van der Waals surface area contributed by atoms with E-state index in [4.69, 9.17) is 6.58 Å². The van der Waals surface area contributed by atoms with Crippen molar-refractivity contribution in [3.8, 4) is 50.2 Å². The van der Waals surface area contributed by atoms with Crippen LogP contribution < -0.4 is 14.7 Å². The van der Waals surface area contributed by atoms with Gasteiger partial charge in [-0.05, 0) is 265 Å². The minimum absolute atomic E-state index is 0.163. The molecule has 0 saturated carbocycles. The highest BCUT2D eigenvalue weighted by Crippen LogP contribution is 2.52. The second kappa shape index (κ2) is 30.1. The van der Waals surface area contributed by atoms with Gasteiger partial charge in [-0.2, -0.15) is 0 Å². The number of rotatable bonds is 19. The summed E-state index contributed by atoms with van der Waals surface area (Å²) in [6.45, 7) is 30.9. The molecule has 12 aromatic carbocycles. The number of allylic oxidation sites excluding steroid dienone is 8. The number of pyridine rings is 2. The summed E-state index contributed by atoms with van der Waals surface area (Å²) >= 11 is 0. The van der Waals surface area contributed by atoms with E-state index < -0.39 is 0 Å². The van der Waals surface area contributed by atoms with Gasteiger partial charge in [0.25, 0.3) is 0 Å². The van der Waals surface area contributed by atoms with Gasteiger partial charge in [-0.25, -0.2) is 0 Å².